The molecule has 0 fully saturated rings. The second-order valence-corrected chi connectivity index (χ2v) is 3.16. The van der Waals surface area contributed by atoms with Crippen LogP contribution in [0.5, 0.6) is 5.75 Å². The van der Waals surface area contributed by atoms with Crippen LogP contribution in [0, 0.1) is 0 Å². The quantitative estimate of drug-likeness (QED) is 0.737. The summed E-state index contributed by atoms with van der Waals surface area (Å²) < 4.78 is 4.79. The highest BCUT2D eigenvalue weighted by molar-refractivity contribution is 5.76. The average molecular weight is 210 g/mol. The molecule has 2 N–H and O–H groups in total. The van der Waals surface area contributed by atoms with Crippen LogP contribution in [0.3, 0.4) is 0 Å². The largest absolute Gasteiger partial charge is 0.508 e. The maximum Gasteiger partial charge on any atom is 0.339 e. The van der Waals surface area contributed by atoms with Gasteiger partial charge in [0.1, 0.15) is 5.75 Å². The number of rotatable bonds is 4. The van der Waals surface area contributed by atoms with Gasteiger partial charge in [-0.05, 0) is 24.1 Å². The van der Waals surface area contributed by atoms with Crippen LogP contribution in [0.15, 0.2) is 24.3 Å². The molecule has 1 aromatic rings. The van der Waals surface area contributed by atoms with Gasteiger partial charge in [-0.15, -0.1) is 0 Å². The number of hydrogen-bond acceptors (Lipinski definition) is 4. The molecule has 1 unspecified atom stereocenters. The van der Waals surface area contributed by atoms with Crippen LogP contribution in [0.25, 0.3) is 0 Å². The number of esters is 1. The van der Waals surface area contributed by atoms with E-state index in [0.29, 0.717) is 18.6 Å². The number of benzene rings is 1. The lowest BCUT2D eigenvalue weighted by molar-refractivity contribution is -0.153. The van der Waals surface area contributed by atoms with Gasteiger partial charge < -0.3 is 14.9 Å². The molecule has 0 radical (unpaired) electrons. The Morgan fingerprint density at radius 2 is 2.00 bits per heavy atom. The number of carbonyl (C=O) groups excluding carboxylic acids is 1. The SMILES string of the molecule is CCCOC(=O)C(O)c1ccc(O)cc1. The summed E-state index contributed by atoms with van der Waals surface area (Å²) in [6.45, 7) is 2.17. The number of phenols is 1. The van der Waals surface area contributed by atoms with E-state index in [0.717, 1.165) is 0 Å². The predicted molar refractivity (Wildman–Crippen MR) is 54.3 cm³/mol. The third-order valence-electron chi connectivity index (χ3n) is 1.88. The highest BCUT2D eigenvalue weighted by Gasteiger charge is 2.18. The minimum absolute atomic E-state index is 0.0906. The first-order valence-electron chi connectivity index (χ1n) is 4.78. The van der Waals surface area contributed by atoms with Gasteiger partial charge in [0, 0.05) is 0 Å². The lowest BCUT2D eigenvalue weighted by Crippen LogP contribution is -2.15. The van der Waals surface area contributed by atoms with Crippen LogP contribution >= 0.6 is 0 Å². The van der Waals surface area contributed by atoms with Crippen molar-refractivity contribution in [1.29, 1.82) is 0 Å². The predicted octanol–water partition coefficient (Wildman–Crippen LogP) is 1.38. The Balaban J connectivity index is 2.63. The van der Waals surface area contributed by atoms with Crippen LogP contribution in [0.1, 0.15) is 25.0 Å². The molecule has 0 amide bonds. The molecule has 0 saturated carbocycles. The Morgan fingerprint density at radius 3 is 2.53 bits per heavy atom. The molecule has 0 bridgehead atoms. The molecule has 0 aliphatic rings. The van der Waals surface area contributed by atoms with Crippen molar-refractivity contribution in [1.82, 2.24) is 0 Å². The zero-order chi connectivity index (χ0) is 11.3. The fourth-order valence-corrected chi connectivity index (χ4v) is 1.07. The van der Waals surface area contributed by atoms with E-state index in [1.54, 1.807) is 0 Å². The number of carbonyl (C=O) groups is 1. The average Bonchev–Trinajstić information content (AvgIpc) is 2.26. The molecule has 0 aliphatic heterocycles. The summed E-state index contributed by atoms with van der Waals surface area (Å²) >= 11 is 0. The molecular weight excluding hydrogens is 196 g/mol. The Bertz CT molecular complexity index is 318. The van der Waals surface area contributed by atoms with Crippen LogP contribution in [0.4, 0.5) is 0 Å². The summed E-state index contributed by atoms with van der Waals surface area (Å²) in [7, 11) is 0. The fourth-order valence-electron chi connectivity index (χ4n) is 1.07. The zero-order valence-corrected chi connectivity index (χ0v) is 8.51. The van der Waals surface area contributed by atoms with Gasteiger partial charge in [0.25, 0.3) is 0 Å². The van der Waals surface area contributed by atoms with E-state index in [4.69, 9.17) is 9.84 Å². The normalized spacial score (nSPS) is 12.1. The van der Waals surface area contributed by atoms with Gasteiger partial charge in [-0.25, -0.2) is 4.79 Å². The van der Waals surface area contributed by atoms with Crippen LogP contribution in [0.2, 0.25) is 0 Å². The fraction of sp³-hybridized carbons (Fsp3) is 0.364. The van der Waals surface area contributed by atoms with Crippen molar-refractivity contribution in [3.05, 3.63) is 29.8 Å². The summed E-state index contributed by atoms with van der Waals surface area (Å²) in [6, 6.07) is 5.78. The molecule has 15 heavy (non-hydrogen) atoms. The number of phenolic OH excluding ortho intramolecular Hbond substituents is 1. The molecule has 4 nitrogen and oxygen atoms in total. The number of aliphatic hydroxyl groups excluding tert-OH is 1. The summed E-state index contributed by atoms with van der Waals surface area (Å²) in [5.74, 6) is -0.574. The van der Waals surface area contributed by atoms with Gasteiger partial charge in [0.2, 0.25) is 0 Å². The second-order valence-electron chi connectivity index (χ2n) is 3.16. The summed E-state index contributed by atoms with van der Waals surface area (Å²) in [4.78, 5) is 11.3. The first-order valence-corrected chi connectivity index (χ1v) is 4.78. The minimum atomic E-state index is -1.28. The van der Waals surface area contributed by atoms with E-state index >= 15 is 0 Å². The van der Waals surface area contributed by atoms with Gasteiger partial charge in [0.15, 0.2) is 6.10 Å². The highest BCUT2D eigenvalue weighted by Crippen LogP contribution is 2.17. The molecule has 1 atom stereocenters. The molecule has 4 heteroatoms. The van der Waals surface area contributed by atoms with Gasteiger partial charge >= 0.3 is 5.97 Å². The zero-order valence-electron chi connectivity index (χ0n) is 8.51. The summed E-state index contributed by atoms with van der Waals surface area (Å²) in [5.41, 5.74) is 0.411. The molecular formula is C11H14O4. The topological polar surface area (TPSA) is 66.8 Å². The van der Waals surface area contributed by atoms with Crippen LogP contribution in [-0.4, -0.2) is 22.8 Å². The first-order chi connectivity index (χ1) is 7.15. The Kier molecular flexibility index (Phi) is 4.12. The van der Waals surface area contributed by atoms with E-state index in [-0.39, 0.29) is 5.75 Å². The van der Waals surface area contributed by atoms with E-state index in [1.165, 1.54) is 24.3 Å². The Hall–Kier alpha value is -1.55. The van der Waals surface area contributed by atoms with Gasteiger partial charge in [0.05, 0.1) is 6.61 Å². The molecule has 0 aliphatic carbocycles. The number of aromatic hydroxyl groups is 1. The standard InChI is InChI=1S/C11H14O4/c1-2-7-15-11(14)10(13)8-3-5-9(12)6-4-8/h3-6,10,12-13H,2,7H2,1H3. The summed E-state index contributed by atoms with van der Waals surface area (Å²) in [5, 5.41) is 18.6. The maximum atomic E-state index is 11.3. The molecule has 0 heterocycles. The van der Waals surface area contributed by atoms with Gasteiger partial charge in [-0.2, -0.15) is 0 Å². The minimum Gasteiger partial charge on any atom is -0.508 e. The van der Waals surface area contributed by atoms with Crippen molar-refractivity contribution in [2.24, 2.45) is 0 Å². The van der Waals surface area contributed by atoms with Gasteiger partial charge in [-0.1, -0.05) is 19.1 Å². The third-order valence-corrected chi connectivity index (χ3v) is 1.88. The van der Waals surface area contributed by atoms with Crippen LogP contribution < -0.4 is 0 Å². The Morgan fingerprint density at radius 1 is 1.40 bits per heavy atom. The van der Waals surface area contributed by atoms with Crippen molar-refractivity contribution < 1.29 is 19.7 Å². The van der Waals surface area contributed by atoms with Crippen molar-refractivity contribution in [2.75, 3.05) is 6.61 Å². The first kappa shape index (κ1) is 11.5. The second kappa shape index (κ2) is 5.36. The molecule has 0 saturated heterocycles. The van der Waals surface area contributed by atoms with Crippen molar-refractivity contribution in [2.45, 2.75) is 19.4 Å². The Labute approximate surface area is 88.1 Å². The number of hydrogen-bond donors (Lipinski definition) is 2. The van der Waals surface area contributed by atoms with E-state index in [9.17, 15) is 9.90 Å². The third kappa shape index (κ3) is 3.25. The molecule has 82 valence electrons. The summed E-state index contributed by atoms with van der Waals surface area (Å²) in [6.07, 6.45) is -0.564. The van der Waals surface area contributed by atoms with E-state index < -0.39 is 12.1 Å². The van der Waals surface area contributed by atoms with Crippen molar-refractivity contribution >= 4 is 5.97 Å². The van der Waals surface area contributed by atoms with Gasteiger partial charge in [-0.3, -0.25) is 0 Å². The molecule has 1 rings (SSSR count). The highest BCUT2D eigenvalue weighted by atomic mass is 16.5. The maximum absolute atomic E-state index is 11.3. The smallest absolute Gasteiger partial charge is 0.339 e. The van der Waals surface area contributed by atoms with E-state index in [2.05, 4.69) is 0 Å². The number of ether oxygens (including phenoxy) is 1. The van der Waals surface area contributed by atoms with E-state index in [1.807, 2.05) is 6.92 Å². The lowest BCUT2D eigenvalue weighted by Gasteiger charge is -2.10. The van der Waals surface area contributed by atoms with Crippen molar-refractivity contribution in [3.8, 4) is 5.75 Å². The lowest BCUT2D eigenvalue weighted by atomic mass is 10.1. The van der Waals surface area contributed by atoms with Crippen LogP contribution in [-0.2, 0) is 9.53 Å². The molecule has 1 aromatic carbocycles. The number of aliphatic hydroxyl groups is 1. The van der Waals surface area contributed by atoms with Crippen molar-refractivity contribution in [3.63, 3.8) is 0 Å². The monoisotopic (exact) mass is 210 g/mol. The molecule has 0 spiro atoms. The molecule has 0 aromatic heterocycles.